The molecule has 128 valence electrons. The van der Waals surface area contributed by atoms with E-state index in [2.05, 4.69) is 13.5 Å². The second kappa shape index (κ2) is 11.0. The Balaban J connectivity index is 2.54. The quantitative estimate of drug-likeness (QED) is 0.329. The molecule has 1 fully saturated rings. The van der Waals surface area contributed by atoms with Crippen molar-refractivity contribution in [2.75, 3.05) is 6.61 Å². The molecule has 1 saturated heterocycles. The molecule has 0 aromatic heterocycles. The number of rotatable bonds is 10. The topological polar surface area (TPSA) is 44.8 Å². The van der Waals surface area contributed by atoms with Crippen LogP contribution in [0.25, 0.3) is 0 Å². The van der Waals surface area contributed by atoms with E-state index in [0.717, 1.165) is 25.7 Å². The van der Waals surface area contributed by atoms with Gasteiger partial charge in [0.15, 0.2) is 6.29 Å². The van der Waals surface area contributed by atoms with Gasteiger partial charge in [-0.3, -0.25) is 4.79 Å². The fourth-order valence-electron chi connectivity index (χ4n) is 2.94. The van der Waals surface area contributed by atoms with E-state index in [9.17, 15) is 4.79 Å². The van der Waals surface area contributed by atoms with Gasteiger partial charge in [-0.05, 0) is 32.6 Å². The second-order valence-corrected chi connectivity index (χ2v) is 6.01. The van der Waals surface area contributed by atoms with Crippen LogP contribution < -0.4 is 0 Å². The molecule has 5 heteroatoms. The van der Waals surface area contributed by atoms with Crippen molar-refractivity contribution >= 4 is 17.8 Å². The van der Waals surface area contributed by atoms with E-state index in [-0.39, 0.29) is 18.0 Å². The number of hydrogen-bond acceptors (Lipinski definition) is 4. The van der Waals surface area contributed by atoms with Crippen LogP contribution in [-0.2, 0) is 18.6 Å². The Kier molecular flexibility index (Phi) is 9.76. The van der Waals surface area contributed by atoms with Crippen LogP contribution in [0.3, 0.4) is 0 Å². The summed E-state index contributed by atoms with van der Waals surface area (Å²) in [6.07, 6.45) is 6.79. The maximum absolute atomic E-state index is 11.6. The number of carbonyl (C=O) groups is 1. The minimum atomic E-state index is -0.395. The van der Waals surface area contributed by atoms with Crippen LogP contribution in [0.4, 0.5) is 0 Å². The molecule has 3 unspecified atom stereocenters. The van der Waals surface area contributed by atoms with E-state index >= 15 is 0 Å². The molecule has 3 atom stereocenters. The molecule has 0 saturated carbocycles. The summed E-state index contributed by atoms with van der Waals surface area (Å²) in [5.41, 5.74) is 1.22. The zero-order valence-electron chi connectivity index (χ0n) is 13.8. The van der Waals surface area contributed by atoms with Crippen LogP contribution in [0.2, 0.25) is 0 Å². The van der Waals surface area contributed by atoms with Gasteiger partial charge in [0.1, 0.15) is 0 Å². The molecule has 0 bridgehead atoms. The third-order valence-electron chi connectivity index (χ3n) is 4.15. The molecule has 0 aliphatic carbocycles. The number of halogens is 1. The normalized spacial score (nSPS) is 25.0. The molecule has 0 N–H and O–H groups in total. The van der Waals surface area contributed by atoms with Gasteiger partial charge in [-0.25, -0.2) is 4.29 Å². The first-order valence-electron chi connectivity index (χ1n) is 8.38. The molecule has 1 heterocycles. The highest BCUT2D eigenvalue weighted by Crippen LogP contribution is 2.35. The number of unbranched alkanes of at least 4 members (excludes halogenated alkanes) is 2. The van der Waals surface area contributed by atoms with Gasteiger partial charge in [-0.2, -0.15) is 0 Å². The number of ether oxygens (including phenoxy) is 2. The van der Waals surface area contributed by atoms with Crippen molar-refractivity contribution in [1.29, 1.82) is 0 Å². The first-order valence-corrected chi connectivity index (χ1v) is 8.69. The summed E-state index contributed by atoms with van der Waals surface area (Å²) in [4.78, 5) is 11.6. The van der Waals surface area contributed by atoms with Gasteiger partial charge in [-0.1, -0.05) is 31.9 Å². The minimum Gasteiger partial charge on any atom is -0.466 e. The maximum atomic E-state index is 11.6. The SMILES string of the molecule is C=C(CCCCC)C1CCC(OCl)OC1CCC(=O)OCC. The fraction of sp³-hybridized carbons (Fsp3) is 0.824. The van der Waals surface area contributed by atoms with Gasteiger partial charge >= 0.3 is 5.97 Å². The highest BCUT2D eigenvalue weighted by Gasteiger charge is 2.33. The van der Waals surface area contributed by atoms with E-state index in [0.29, 0.717) is 19.4 Å². The second-order valence-electron chi connectivity index (χ2n) is 5.84. The van der Waals surface area contributed by atoms with Crippen molar-refractivity contribution in [3.8, 4) is 0 Å². The van der Waals surface area contributed by atoms with Crippen molar-refractivity contribution in [1.82, 2.24) is 0 Å². The Morgan fingerprint density at radius 3 is 2.68 bits per heavy atom. The minimum absolute atomic E-state index is 0.0731. The van der Waals surface area contributed by atoms with Gasteiger partial charge in [0, 0.05) is 18.8 Å². The van der Waals surface area contributed by atoms with Gasteiger partial charge in [0.2, 0.25) is 0 Å². The first-order chi connectivity index (χ1) is 10.6. The lowest BCUT2D eigenvalue weighted by Crippen LogP contribution is -2.36. The summed E-state index contributed by atoms with van der Waals surface area (Å²) in [5, 5.41) is 0. The van der Waals surface area contributed by atoms with E-state index in [1.807, 2.05) is 6.92 Å². The van der Waals surface area contributed by atoms with Crippen molar-refractivity contribution < 1.29 is 18.6 Å². The van der Waals surface area contributed by atoms with E-state index < -0.39 is 6.29 Å². The van der Waals surface area contributed by atoms with Crippen molar-refractivity contribution in [2.45, 2.75) is 77.6 Å². The number of hydrogen-bond donors (Lipinski definition) is 0. The smallest absolute Gasteiger partial charge is 0.305 e. The molecular weight excluding hydrogens is 304 g/mol. The fourth-order valence-corrected chi connectivity index (χ4v) is 3.07. The molecule has 1 aliphatic heterocycles. The van der Waals surface area contributed by atoms with Crippen LogP contribution in [0, 0.1) is 5.92 Å². The van der Waals surface area contributed by atoms with Crippen LogP contribution in [-0.4, -0.2) is 25.0 Å². The lowest BCUT2D eigenvalue weighted by Gasteiger charge is -2.36. The summed E-state index contributed by atoms with van der Waals surface area (Å²) >= 11 is 5.45. The van der Waals surface area contributed by atoms with Gasteiger partial charge < -0.3 is 9.47 Å². The molecule has 1 rings (SSSR count). The van der Waals surface area contributed by atoms with E-state index in [1.165, 1.54) is 18.4 Å². The van der Waals surface area contributed by atoms with Crippen molar-refractivity contribution in [3.63, 3.8) is 0 Å². The van der Waals surface area contributed by atoms with E-state index in [4.69, 9.17) is 25.6 Å². The molecule has 4 nitrogen and oxygen atoms in total. The monoisotopic (exact) mass is 332 g/mol. The van der Waals surface area contributed by atoms with Crippen LogP contribution in [0.5, 0.6) is 0 Å². The highest BCUT2D eigenvalue weighted by molar-refractivity contribution is 6.07. The zero-order chi connectivity index (χ0) is 16.4. The lowest BCUT2D eigenvalue weighted by atomic mass is 9.83. The van der Waals surface area contributed by atoms with Gasteiger partial charge in [0.25, 0.3) is 0 Å². The Hall–Kier alpha value is -0.580. The van der Waals surface area contributed by atoms with Crippen LogP contribution >= 0.6 is 11.9 Å². The lowest BCUT2D eigenvalue weighted by molar-refractivity contribution is -0.167. The van der Waals surface area contributed by atoms with E-state index in [1.54, 1.807) is 0 Å². The zero-order valence-corrected chi connectivity index (χ0v) is 14.6. The van der Waals surface area contributed by atoms with Gasteiger partial charge in [0.05, 0.1) is 24.6 Å². The number of esters is 1. The largest absolute Gasteiger partial charge is 0.466 e. The predicted molar refractivity (Wildman–Crippen MR) is 87.5 cm³/mol. The summed E-state index contributed by atoms with van der Waals surface area (Å²) < 4.78 is 15.7. The number of carbonyl (C=O) groups excluding carboxylic acids is 1. The maximum Gasteiger partial charge on any atom is 0.305 e. The molecule has 0 spiro atoms. The highest BCUT2D eigenvalue weighted by atomic mass is 35.5. The third kappa shape index (κ3) is 6.67. The molecule has 0 radical (unpaired) electrons. The summed E-state index contributed by atoms with van der Waals surface area (Å²) in [7, 11) is 0. The first kappa shape index (κ1) is 19.5. The average Bonchev–Trinajstić information content (AvgIpc) is 2.53. The predicted octanol–water partition coefficient (Wildman–Crippen LogP) is 4.76. The molecular formula is C17H29ClO4. The molecule has 0 amide bonds. The van der Waals surface area contributed by atoms with Crippen LogP contribution in [0.1, 0.15) is 65.2 Å². The molecule has 1 aliphatic rings. The van der Waals surface area contributed by atoms with Gasteiger partial charge in [-0.15, -0.1) is 0 Å². The summed E-state index contributed by atoms with van der Waals surface area (Å²) in [6, 6.07) is 0. The summed E-state index contributed by atoms with van der Waals surface area (Å²) in [5.74, 6) is 0.0877. The Morgan fingerprint density at radius 1 is 1.27 bits per heavy atom. The van der Waals surface area contributed by atoms with Crippen molar-refractivity contribution in [2.24, 2.45) is 5.92 Å². The standard InChI is InChI=1S/C17H29ClO4/c1-4-6-7-8-13(3)14-9-12-17(22-18)21-15(14)10-11-16(19)20-5-2/h14-15,17H,3-12H2,1-2H3. The molecule has 0 aromatic rings. The third-order valence-corrected chi connectivity index (χ3v) is 4.35. The van der Waals surface area contributed by atoms with Crippen LogP contribution in [0.15, 0.2) is 12.2 Å². The molecule has 22 heavy (non-hydrogen) atoms. The Bertz CT molecular complexity index is 346. The van der Waals surface area contributed by atoms with Crippen molar-refractivity contribution in [3.05, 3.63) is 12.2 Å². The Labute approximate surface area is 139 Å². The molecule has 0 aromatic carbocycles. The average molecular weight is 333 g/mol. The summed E-state index contributed by atoms with van der Waals surface area (Å²) in [6.45, 7) is 8.65. The Morgan fingerprint density at radius 2 is 2.05 bits per heavy atom.